The third-order valence-electron chi connectivity index (χ3n) is 3.19. The van der Waals surface area contributed by atoms with E-state index >= 15 is 0 Å². The molecule has 1 N–H and O–H groups in total. The van der Waals surface area contributed by atoms with Crippen molar-refractivity contribution in [2.45, 2.75) is 0 Å². The first-order valence-electron chi connectivity index (χ1n) is 6.92. The highest BCUT2D eigenvalue weighted by atomic mass is 35.5. The molecule has 1 aromatic carbocycles. The van der Waals surface area contributed by atoms with Gasteiger partial charge in [-0.1, -0.05) is 16.3 Å². The Morgan fingerprint density at radius 1 is 1.18 bits per heavy atom. The maximum atomic E-state index is 5.96. The fourth-order valence-electron chi connectivity index (χ4n) is 2.19. The van der Waals surface area contributed by atoms with Gasteiger partial charge in [-0.3, -0.25) is 9.48 Å². The third-order valence-corrected chi connectivity index (χ3v) is 3.44. The quantitative estimate of drug-likeness (QED) is 0.406. The van der Waals surface area contributed by atoms with Gasteiger partial charge in [0.05, 0.1) is 41.1 Å². The summed E-state index contributed by atoms with van der Waals surface area (Å²) >= 11 is 5.96. The van der Waals surface area contributed by atoms with E-state index in [1.54, 1.807) is 4.68 Å². The Hall–Kier alpha value is -2.27. The topological polar surface area (TPSA) is 26.2 Å². The lowest BCUT2D eigenvalue weighted by molar-refractivity contribution is -0.523. The number of hydrogen-bond donors (Lipinski definition) is 1. The van der Waals surface area contributed by atoms with Gasteiger partial charge in [-0.25, -0.2) is 0 Å². The van der Waals surface area contributed by atoms with Gasteiger partial charge in [0.2, 0.25) is 0 Å². The van der Waals surface area contributed by atoms with Crippen LogP contribution in [0.2, 0.25) is 5.02 Å². The van der Waals surface area contributed by atoms with Crippen LogP contribution in [0, 0.1) is 0 Å². The summed E-state index contributed by atoms with van der Waals surface area (Å²) in [5, 5.41) is 0.720. The predicted octanol–water partition coefficient (Wildman–Crippen LogP) is 2.17. The second-order valence-electron chi connectivity index (χ2n) is 5.37. The summed E-state index contributed by atoms with van der Waals surface area (Å²) in [5.74, 6) is 1.85. The first-order valence-corrected chi connectivity index (χ1v) is 7.30. The molecule has 0 aliphatic rings. The van der Waals surface area contributed by atoms with Crippen LogP contribution in [0.1, 0.15) is 0 Å². The van der Waals surface area contributed by atoms with E-state index in [9.17, 15) is 0 Å². The van der Waals surface area contributed by atoms with Crippen molar-refractivity contribution in [2.75, 3.05) is 28.2 Å². The number of aromatic nitrogens is 1. The fourth-order valence-corrected chi connectivity index (χ4v) is 2.32. The summed E-state index contributed by atoms with van der Waals surface area (Å²) in [4.78, 5) is 1.99. The van der Waals surface area contributed by atoms with Crippen LogP contribution in [0.15, 0.2) is 42.6 Å². The number of hydrazone groups is 1. The number of nitrogens with zero attached hydrogens (tertiary/aromatic N) is 4. The lowest BCUT2D eigenvalue weighted by Crippen LogP contribution is -2.45. The highest BCUT2D eigenvalue weighted by Crippen LogP contribution is 2.20. The number of hydrazine groups is 1. The second-order valence-corrected chi connectivity index (χ2v) is 5.80. The van der Waals surface area contributed by atoms with Crippen molar-refractivity contribution in [2.24, 2.45) is 0 Å². The van der Waals surface area contributed by atoms with Crippen LogP contribution in [-0.2, 0) is 0 Å². The van der Waals surface area contributed by atoms with Gasteiger partial charge in [0, 0.05) is 11.1 Å². The van der Waals surface area contributed by atoms with Gasteiger partial charge >= 0.3 is 11.8 Å². The van der Waals surface area contributed by atoms with Crippen molar-refractivity contribution < 1.29 is 9.26 Å². The maximum absolute atomic E-state index is 5.96. The molecule has 1 aromatic heterocycles. The summed E-state index contributed by atoms with van der Waals surface area (Å²) in [7, 11) is 7.92. The Labute approximate surface area is 136 Å². The largest absolute Gasteiger partial charge is 0.386 e. The molecule has 0 atom stereocenters. The molecular weight excluding hydrogens is 298 g/mol. The van der Waals surface area contributed by atoms with Crippen molar-refractivity contribution in [1.29, 1.82) is 0 Å². The second kappa shape index (κ2) is 6.66. The maximum Gasteiger partial charge on any atom is 0.386 e. The molecule has 116 valence electrons. The molecule has 22 heavy (non-hydrogen) atoms. The Bertz CT molecular complexity index is 694. The zero-order valence-electron chi connectivity index (χ0n) is 13.4. The molecule has 6 heteroatoms. The average molecular weight is 320 g/mol. The summed E-state index contributed by atoms with van der Waals surface area (Å²) in [5.41, 5.74) is 4.31. The molecule has 1 heterocycles. The minimum Gasteiger partial charge on any atom is -0.267 e. The Morgan fingerprint density at radius 3 is 2.36 bits per heavy atom. The molecule has 0 bridgehead atoms. The van der Waals surface area contributed by atoms with Crippen LogP contribution in [0.5, 0.6) is 0 Å². The minimum atomic E-state index is 0.720. The van der Waals surface area contributed by atoms with E-state index in [2.05, 4.69) is 12.1 Å². The molecule has 0 spiro atoms. The SMILES string of the molecule is C=[N+](NC(N(C)C)=[N+](C)C)c1cccn1-c1ccc(Cl)cc1. The van der Waals surface area contributed by atoms with E-state index in [0.717, 1.165) is 22.5 Å². The first-order chi connectivity index (χ1) is 10.4. The Balaban J connectivity index is 2.31. The lowest BCUT2D eigenvalue weighted by Gasteiger charge is -2.12. The molecule has 0 fully saturated rings. The number of rotatable bonds is 3. The summed E-state index contributed by atoms with van der Waals surface area (Å²) in [6.45, 7) is 4.09. The van der Waals surface area contributed by atoms with E-state index in [-0.39, 0.29) is 0 Å². The van der Waals surface area contributed by atoms with E-state index < -0.39 is 0 Å². The molecule has 0 unspecified atom stereocenters. The van der Waals surface area contributed by atoms with E-state index in [1.807, 2.05) is 84.8 Å². The zero-order chi connectivity index (χ0) is 16.3. The van der Waals surface area contributed by atoms with Crippen LogP contribution in [0.4, 0.5) is 5.82 Å². The van der Waals surface area contributed by atoms with Gasteiger partial charge in [-0.05, 0) is 30.3 Å². The van der Waals surface area contributed by atoms with Crippen molar-refractivity contribution in [3.63, 3.8) is 0 Å². The molecule has 5 nitrogen and oxygen atoms in total. The average Bonchev–Trinajstić information content (AvgIpc) is 2.94. The number of halogens is 1. The van der Waals surface area contributed by atoms with Crippen molar-refractivity contribution in [1.82, 2.24) is 14.9 Å². The highest BCUT2D eigenvalue weighted by molar-refractivity contribution is 6.30. The predicted molar refractivity (Wildman–Crippen MR) is 91.8 cm³/mol. The molecule has 0 aliphatic carbocycles. The van der Waals surface area contributed by atoms with Crippen molar-refractivity contribution in [3.8, 4) is 5.69 Å². The summed E-state index contributed by atoms with van der Waals surface area (Å²) < 4.78 is 5.77. The lowest BCUT2D eigenvalue weighted by atomic mass is 10.3. The van der Waals surface area contributed by atoms with Crippen LogP contribution in [0.25, 0.3) is 5.69 Å². The third kappa shape index (κ3) is 3.49. The van der Waals surface area contributed by atoms with Crippen LogP contribution < -0.4 is 5.43 Å². The monoisotopic (exact) mass is 319 g/mol. The van der Waals surface area contributed by atoms with Gasteiger partial charge < -0.3 is 0 Å². The van der Waals surface area contributed by atoms with Gasteiger partial charge in [-0.2, -0.15) is 4.57 Å². The first kappa shape index (κ1) is 16.1. The molecule has 0 aliphatic heterocycles. The highest BCUT2D eigenvalue weighted by Gasteiger charge is 2.21. The van der Waals surface area contributed by atoms with Crippen LogP contribution >= 0.6 is 11.6 Å². The fraction of sp³-hybridized carbons (Fsp3) is 0.250. The number of guanidine groups is 1. The van der Waals surface area contributed by atoms with E-state index in [1.165, 1.54) is 0 Å². The van der Waals surface area contributed by atoms with Gasteiger partial charge in [0.1, 0.15) is 5.69 Å². The molecule has 0 saturated heterocycles. The molecule has 0 radical (unpaired) electrons. The molecule has 2 rings (SSSR count). The van der Waals surface area contributed by atoms with Crippen LogP contribution in [0.3, 0.4) is 0 Å². The molecular formula is C16H22ClN5+2. The van der Waals surface area contributed by atoms with Crippen molar-refractivity contribution in [3.05, 3.63) is 47.6 Å². The van der Waals surface area contributed by atoms with Crippen molar-refractivity contribution >= 4 is 30.1 Å². The summed E-state index contributed by atoms with van der Waals surface area (Å²) in [6.07, 6.45) is 1.99. The standard InChI is InChI=1S/C16H21ClN5/c1-19(2)16(20(3)4)18-21(5)15-7-6-12-22(15)14-10-8-13(17)9-11-14/h6-12H,5H2,1-4H3/q+1/p+1. The number of benzene rings is 1. The number of nitrogens with one attached hydrogen (secondary N) is 1. The molecule has 2 aromatic rings. The number of hydrogen-bond acceptors (Lipinski definition) is 0. The molecule has 0 amide bonds. The van der Waals surface area contributed by atoms with Gasteiger partial charge in [0.15, 0.2) is 0 Å². The normalized spacial score (nSPS) is 10.2. The van der Waals surface area contributed by atoms with E-state index in [0.29, 0.717) is 0 Å². The van der Waals surface area contributed by atoms with Gasteiger partial charge in [0.25, 0.3) is 0 Å². The van der Waals surface area contributed by atoms with Gasteiger partial charge in [-0.15, -0.1) is 5.43 Å². The smallest absolute Gasteiger partial charge is 0.267 e. The minimum absolute atomic E-state index is 0.720. The molecule has 0 saturated carbocycles. The Kier molecular flexibility index (Phi) is 4.88. The summed E-state index contributed by atoms with van der Waals surface area (Å²) in [6, 6.07) is 11.7. The van der Waals surface area contributed by atoms with Crippen LogP contribution in [-0.4, -0.2) is 59.6 Å². The van der Waals surface area contributed by atoms with E-state index in [4.69, 9.17) is 11.6 Å². The zero-order valence-corrected chi connectivity index (χ0v) is 14.2. The Morgan fingerprint density at radius 2 is 1.82 bits per heavy atom.